The van der Waals surface area contributed by atoms with Gasteiger partial charge in [-0.15, -0.1) is 16.9 Å². The van der Waals surface area contributed by atoms with Gasteiger partial charge in [-0.1, -0.05) is 17.8 Å². The summed E-state index contributed by atoms with van der Waals surface area (Å²) in [5.41, 5.74) is 8.37. The smallest absolute Gasteiger partial charge is 0.352 e. The molecule has 0 aliphatic carbocycles. The summed E-state index contributed by atoms with van der Waals surface area (Å²) in [6, 6.07) is 3.60. The third kappa shape index (κ3) is 3.96. The van der Waals surface area contributed by atoms with Crippen LogP contribution in [0.4, 0.5) is 0 Å². The van der Waals surface area contributed by atoms with Crippen molar-refractivity contribution in [3.05, 3.63) is 46.8 Å². The second kappa shape index (κ2) is 8.72. The minimum atomic E-state index is -1.17. The van der Waals surface area contributed by atoms with E-state index in [2.05, 4.69) is 20.7 Å². The van der Waals surface area contributed by atoms with Crippen molar-refractivity contribution in [3.8, 4) is 5.75 Å². The molecule has 5 N–H and O–H groups in total. The maximum absolute atomic E-state index is 12.8. The molecule has 2 aromatic rings. The van der Waals surface area contributed by atoms with Gasteiger partial charge in [0.15, 0.2) is 0 Å². The summed E-state index contributed by atoms with van der Waals surface area (Å²) in [7, 11) is 0. The van der Waals surface area contributed by atoms with Gasteiger partial charge in [0.1, 0.15) is 33.9 Å². The molecule has 5 rings (SSSR count). The third-order valence-corrected chi connectivity index (χ3v) is 8.01. The zero-order valence-electron chi connectivity index (χ0n) is 17.2. The number of β-lactam (4-membered cyclic amide) rings is 1. The van der Waals surface area contributed by atoms with E-state index < -0.39 is 35.2 Å². The highest BCUT2D eigenvalue weighted by molar-refractivity contribution is 8.01. The van der Waals surface area contributed by atoms with Crippen molar-refractivity contribution in [1.29, 1.82) is 0 Å². The first-order valence-corrected chi connectivity index (χ1v) is 12.2. The Kier molecular flexibility index (Phi) is 5.76. The maximum atomic E-state index is 12.8. The Morgan fingerprint density at radius 2 is 2.30 bits per heavy atom. The Morgan fingerprint density at radius 1 is 1.45 bits per heavy atom. The molecule has 1 aromatic carbocycles. The zero-order valence-corrected chi connectivity index (χ0v) is 18.8. The monoisotopic (exact) mass is 488 g/mol. The van der Waals surface area contributed by atoms with Gasteiger partial charge in [-0.05, 0) is 28.8 Å². The van der Waals surface area contributed by atoms with E-state index in [9.17, 15) is 19.5 Å². The molecule has 0 spiro atoms. The number of amides is 2. The van der Waals surface area contributed by atoms with Crippen LogP contribution in [0.3, 0.4) is 0 Å². The van der Waals surface area contributed by atoms with Gasteiger partial charge in [0.25, 0.3) is 5.91 Å². The molecule has 0 radical (unpaired) electrons. The number of H-pyrrole nitrogens is 1. The lowest BCUT2D eigenvalue weighted by molar-refractivity contribution is -0.150. The lowest BCUT2D eigenvalue weighted by Crippen LogP contribution is -2.71. The number of nitrogens with zero attached hydrogens (tertiary/aromatic N) is 3. The van der Waals surface area contributed by atoms with Crippen LogP contribution in [0.15, 0.2) is 40.7 Å². The van der Waals surface area contributed by atoms with Crippen LogP contribution in [0.5, 0.6) is 5.75 Å². The predicted molar refractivity (Wildman–Crippen MR) is 119 cm³/mol. The molecular formula is C20H20N6O5S2. The standard InChI is InChI=1S/C20H20N6O5S2/c21-14(10-1-2-12-9(5-10)3-4-31-12)17(27)23-15-18(28)26-16(20(29)30)11(8-33-19(15)26)7-32-13-6-22-25-24-13/h1-2,5-6,14-15,19H,3-4,7-8,21H2,(H,23,27)(H,29,30)(H,22,24,25)/t14-,15?,19?/m1/s1. The Hall–Kier alpha value is -3.03. The first-order chi connectivity index (χ1) is 15.9. The summed E-state index contributed by atoms with van der Waals surface area (Å²) in [6.45, 7) is 0.601. The van der Waals surface area contributed by atoms with Crippen molar-refractivity contribution < 1.29 is 24.2 Å². The summed E-state index contributed by atoms with van der Waals surface area (Å²) >= 11 is 2.74. The lowest BCUT2D eigenvalue weighted by atomic mass is 10.00. The number of fused-ring (bicyclic) bond motifs is 2. The fraction of sp³-hybridized carbons (Fsp3) is 0.350. The minimum Gasteiger partial charge on any atom is -0.493 e. The van der Waals surface area contributed by atoms with Crippen LogP contribution in [0.2, 0.25) is 0 Å². The SMILES string of the molecule is N[C@@H](C(=O)NC1C(=O)N2C(C(=O)O)=C(CSc3cn[nH]n3)CSC12)c1ccc2c(c1)CCO2. The van der Waals surface area contributed by atoms with Gasteiger partial charge >= 0.3 is 5.97 Å². The molecule has 1 fully saturated rings. The predicted octanol–water partition coefficient (Wildman–Crippen LogP) is 0.270. The molecule has 0 bridgehead atoms. The van der Waals surface area contributed by atoms with Crippen LogP contribution >= 0.6 is 23.5 Å². The van der Waals surface area contributed by atoms with Gasteiger partial charge in [0, 0.05) is 17.9 Å². The molecule has 0 saturated carbocycles. The third-order valence-electron chi connectivity index (χ3n) is 5.69. The summed E-state index contributed by atoms with van der Waals surface area (Å²) < 4.78 is 5.48. The summed E-state index contributed by atoms with van der Waals surface area (Å²) in [6.07, 6.45) is 2.30. The maximum Gasteiger partial charge on any atom is 0.352 e. The molecule has 2 amide bonds. The van der Waals surface area contributed by atoms with Gasteiger partial charge in [-0.2, -0.15) is 10.3 Å². The summed E-state index contributed by atoms with van der Waals surface area (Å²) in [5, 5.41) is 22.8. The van der Waals surface area contributed by atoms with Crippen LogP contribution in [0.1, 0.15) is 17.2 Å². The molecular weight excluding hydrogens is 468 g/mol. The first-order valence-electron chi connectivity index (χ1n) is 10.1. The topological polar surface area (TPSA) is 164 Å². The number of aliphatic carboxylic acids is 1. The van der Waals surface area contributed by atoms with E-state index in [1.54, 1.807) is 18.3 Å². The molecule has 172 valence electrons. The van der Waals surface area contributed by atoms with Crippen molar-refractivity contribution >= 4 is 41.3 Å². The number of ether oxygens (including phenoxy) is 1. The summed E-state index contributed by atoms with van der Waals surface area (Å²) in [4.78, 5) is 38.8. The van der Waals surface area contributed by atoms with Crippen molar-refractivity contribution in [1.82, 2.24) is 25.6 Å². The second-order valence-corrected chi connectivity index (χ2v) is 9.79. The molecule has 1 saturated heterocycles. The number of aromatic amines is 1. The Bertz CT molecular complexity index is 1150. The molecule has 3 aliphatic heterocycles. The Morgan fingerprint density at radius 3 is 3.06 bits per heavy atom. The molecule has 13 heteroatoms. The van der Waals surface area contributed by atoms with E-state index in [1.807, 2.05) is 6.07 Å². The number of carboxylic acids is 1. The van der Waals surface area contributed by atoms with E-state index in [1.165, 1.54) is 28.4 Å². The lowest BCUT2D eigenvalue weighted by Gasteiger charge is -2.49. The number of carboxylic acid groups (broad SMARTS) is 1. The fourth-order valence-electron chi connectivity index (χ4n) is 4.01. The highest BCUT2D eigenvalue weighted by Crippen LogP contribution is 2.41. The van der Waals surface area contributed by atoms with E-state index in [0.717, 1.165) is 17.7 Å². The number of nitrogens with two attached hydrogens (primary N) is 1. The summed E-state index contributed by atoms with van der Waals surface area (Å²) in [5.74, 6) is -0.546. The van der Waals surface area contributed by atoms with Crippen molar-refractivity contribution in [2.24, 2.45) is 5.73 Å². The van der Waals surface area contributed by atoms with Gasteiger partial charge < -0.3 is 20.9 Å². The molecule has 3 aliphatic rings. The number of thioether (sulfide) groups is 2. The van der Waals surface area contributed by atoms with Crippen LogP contribution in [0, 0.1) is 0 Å². The van der Waals surface area contributed by atoms with Crippen LogP contribution in [0.25, 0.3) is 0 Å². The number of nitrogens with one attached hydrogen (secondary N) is 2. The van der Waals surface area contributed by atoms with E-state index in [0.29, 0.717) is 34.3 Å². The van der Waals surface area contributed by atoms with Crippen LogP contribution in [-0.2, 0) is 20.8 Å². The average Bonchev–Trinajstić information content (AvgIpc) is 3.51. The fourth-order valence-corrected chi connectivity index (χ4v) is 6.28. The average molecular weight is 489 g/mol. The van der Waals surface area contributed by atoms with Crippen molar-refractivity contribution in [3.63, 3.8) is 0 Å². The number of benzene rings is 1. The van der Waals surface area contributed by atoms with E-state index >= 15 is 0 Å². The first kappa shape index (κ1) is 21.8. The number of hydrogen-bond donors (Lipinski definition) is 4. The zero-order chi connectivity index (χ0) is 23.1. The van der Waals surface area contributed by atoms with Crippen molar-refractivity contribution in [2.75, 3.05) is 18.1 Å². The van der Waals surface area contributed by atoms with Gasteiger partial charge in [0.05, 0.1) is 12.8 Å². The molecule has 4 heterocycles. The van der Waals surface area contributed by atoms with Gasteiger partial charge in [-0.25, -0.2) is 4.79 Å². The number of carbonyl (C=O) groups excluding carboxylic acids is 2. The number of carbonyl (C=O) groups is 3. The Labute approximate surface area is 196 Å². The van der Waals surface area contributed by atoms with Crippen LogP contribution in [-0.4, -0.2) is 72.7 Å². The second-order valence-electron chi connectivity index (χ2n) is 7.69. The highest BCUT2D eigenvalue weighted by atomic mass is 32.2. The van der Waals surface area contributed by atoms with E-state index in [4.69, 9.17) is 10.5 Å². The molecule has 33 heavy (non-hydrogen) atoms. The molecule has 11 nitrogen and oxygen atoms in total. The number of hydrogen-bond acceptors (Lipinski definition) is 9. The normalized spacial score (nSPS) is 22.2. The number of aromatic nitrogens is 3. The molecule has 3 atom stereocenters. The van der Waals surface area contributed by atoms with E-state index in [-0.39, 0.29) is 5.70 Å². The largest absolute Gasteiger partial charge is 0.493 e. The van der Waals surface area contributed by atoms with Gasteiger partial charge in [0.2, 0.25) is 5.91 Å². The molecule has 2 unspecified atom stereocenters. The number of rotatable bonds is 7. The Balaban J connectivity index is 1.27. The minimum absolute atomic E-state index is 0.0341. The highest BCUT2D eigenvalue weighted by Gasteiger charge is 2.54. The van der Waals surface area contributed by atoms with Crippen LogP contribution < -0.4 is 15.8 Å². The van der Waals surface area contributed by atoms with Gasteiger partial charge in [-0.3, -0.25) is 14.5 Å². The quantitative estimate of drug-likeness (QED) is 0.314. The van der Waals surface area contributed by atoms with Crippen molar-refractivity contribution in [2.45, 2.75) is 28.9 Å². The molecule has 1 aromatic heterocycles.